The number of benzene rings is 1. The van der Waals surface area contributed by atoms with E-state index in [4.69, 9.17) is 0 Å². The number of aromatic amines is 1. The SMILES string of the molecule is O=C(c1cn[nH]n1)N1CC2CCC(C1)N2S(=O)(=O)c1cccc(Br)c1. The summed E-state index contributed by atoms with van der Waals surface area (Å²) in [4.78, 5) is 14.4. The lowest BCUT2D eigenvalue weighted by molar-refractivity contribution is 0.0609. The minimum Gasteiger partial charge on any atom is -0.334 e. The van der Waals surface area contributed by atoms with Crippen LogP contribution in [0.25, 0.3) is 0 Å². The van der Waals surface area contributed by atoms with E-state index in [1.165, 1.54) is 6.20 Å². The van der Waals surface area contributed by atoms with Crippen molar-refractivity contribution >= 4 is 31.9 Å². The third-order valence-corrected chi connectivity index (χ3v) is 7.20. The molecule has 1 N–H and O–H groups in total. The van der Waals surface area contributed by atoms with Crippen LogP contribution < -0.4 is 0 Å². The fraction of sp³-hybridized carbons (Fsp3) is 0.400. The molecule has 132 valence electrons. The van der Waals surface area contributed by atoms with Gasteiger partial charge in [-0.3, -0.25) is 4.79 Å². The largest absolute Gasteiger partial charge is 0.334 e. The molecule has 0 spiro atoms. The van der Waals surface area contributed by atoms with Crippen molar-refractivity contribution in [3.05, 3.63) is 40.6 Å². The van der Waals surface area contributed by atoms with Crippen LogP contribution in [0.15, 0.2) is 39.8 Å². The summed E-state index contributed by atoms with van der Waals surface area (Å²) in [5, 5.41) is 9.91. The number of hydrogen-bond donors (Lipinski definition) is 1. The highest BCUT2D eigenvalue weighted by Crippen LogP contribution is 2.36. The molecule has 2 bridgehead atoms. The zero-order valence-corrected chi connectivity index (χ0v) is 15.6. The number of aromatic nitrogens is 3. The van der Waals surface area contributed by atoms with Gasteiger partial charge >= 0.3 is 0 Å². The Kier molecular flexibility index (Phi) is 4.13. The van der Waals surface area contributed by atoms with E-state index < -0.39 is 10.0 Å². The monoisotopic (exact) mass is 425 g/mol. The second-order valence-electron chi connectivity index (χ2n) is 6.24. The molecule has 2 aliphatic rings. The topological polar surface area (TPSA) is 99.3 Å². The van der Waals surface area contributed by atoms with E-state index in [1.54, 1.807) is 33.5 Å². The average Bonchev–Trinajstić information content (AvgIpc) is 3.21. The number of carbonyl (C=O) groups excluding carboxylic acids is 1. The number of hydrogen-bond acceptors (Lipinski definition) is 5. The molecule has 2 atom stereocenters. The number of rotatable bonds is 3. The Morgan fingerprint density at radius 1 is 1.24 bits per heavy atom. The first-order valence-corrected chi connectivity index (χ1v) is 10.1. The summed E-state index contributed by atoms with van der Waals surface area (Å²) in [6.45, 7) is 0.741. The lowest BCUT2D eigenvalue weighted by Gasteiger charge is -2.39. The molecule has 0 radical (unpaired) electrons. The number of nitrogens with zero attached hydrogens (tertiary/aromatic N) is 4. The molecule has 1 aromatic heterocycles. The molecule has 2 fully saturated rings. The molecule has 10 heteroatoms. The molecule has 2 aromatic rings. The molecule has 3 heterocycles. The van der Waals surface area contributed by atoms with Gasteiger partial charge in [0, 0.05) is 29.6 Å². The Balaban J connectivity index is 1.59. The van der Waals surface area contributed by atoms with Crippen LogP contribution >= 0.6 is 15.9 Å². The van der Waals surface area contributed by atoms with Crippen LogP contribution in [0.3, 0.4) is 0 Å². The summed E-state index contributed by atoms with van der Waals surface area (Å²) in [5.74, 6) is -0.217. The van der Waals surface area contributed by atoms with Crippen LogP contribution in [0.4, 0.5) is 0 Å². The molecular formula is C15H16BrN5O3S. The summed E-state index contributed by atoms with van der Waals surface area (Å²) in [6, 6.07) is 6.30. The minimum atomic E-state index is -3.59. The number of nitrogens with one attached hydrogen (secondary N) is 1. The number of amides is 1. The number of likely N-dealkylation sites (tertiary alicyclic amines) is 1. The quantitative estimate of drug-likeness (QED) is 0.797. The number of H-pyrrole nitrogens is 1. The third-order valence-electron chi connectivity index (χ3n) is 4.71. The second kappa shape index (κ2) is 6.19. The Bertz CT molecular complexity index is 888. The van der Waals surface area contributed by atoms with Gasteiger partial charge in [-0.2, -0.15) is 19.7 Å². The Morgan fingerprint density at radius 2 is 1.96 bits per heavy atom. The van der Waals surface area contributed by atoms with Gasteiger partial charge in [-0.05, 0) is 31.0 Å². The van der Waals surface area contributed by atoms with Gasteiger partial charge < -0.3 is 4.90 Å². The Labute approximate surface area is 153 Å². The second-order valence-corrected chi connectivity index (χ2v) is 9.00. The van der Waals surface area contributed by atoms with Gasteiger partial charge in [0.2, 0.25) is 10.0 Å². The minimum absolute atomic E-state index is 0.210. The van der Waals surface area contributed by atoms with Crippen molar-refractivity contribution in [2.24, 2.45) is 0 Å². The maximum atomic E-state index is 13.1. The van der Waals surface area contributed by atoms with Crippen molar-refractivity contribution in [1.82, 2.24) is 24.6 Å². The normalized spacial score (nSPS) is 23.8. The van der Waals surface area contributed by atoms with Crippen molar-refractivity contribution in [3.63, 3.8) is 0 Å². The van der Waals surface area contributed by atoms with E-state index in [0.717, 1.165) is 17.3 Å². The molecule has 2 saturated heterocycles. The van der Waals surface area contributed by atoms with E-state index in [2.05, 4.69) is 31.3 Å². The summed E-state index contributed by atoms with van der Waals surface area (Å²) in [7, 11) is -3.59. The Morgan fingerprint density at radius 3 is 2.56 bits per heavy atom. The number of carbonyl (C=O) groups is 1. The fourth-order valence-corrected chi connectivity index (χ4v) is 6.09. The van der Waals surface area contributed by atoms with Crippen molar-refractivity contribution in [3.8, 4) is 0 Å². The third kappa shape index (κ3) is 2.87. The predicted octanol–water partition coefficient (Wildman–Crippen LogP) is 1.24. The zero-order valence-electron chi connectivity index (χ0n) is 13.2. The lowest BCUT2D eigenvalue weighted by Crippen LogP contribution is -2.57. The van der Waals surface area contributed by atoms with E-state index in [9.17, 15) is 13.2 Å². The molecule has 4 rings (SSSR count). The standard InChI is InChI=1S/C15H16BrN5O3S/c16-10-2-1-3-13(6-10)25(23,24)21-11-4-5-12(21)9-20(8-11)15(22)14-7-17-19-18-14/h1-3,6-7,11-12H,4-5,8-9H2,(H,17,18,19). The fourth-order valence-electron chi connectivity index (χ4n) is 3.64. The van der Waals surface area contributed by atoms with Crippen molar-refractivity contribution in [2.45, 2.75) is 29.8 Å². The van der Waals surface area contributed by atoms with Crippen LogP contribution in [-0.4, -0.2) is 64.1 Å². The molecule has 1 aromatic carbocycles. The zero-order chi connectivity index (χ0) is 17.6. The van der Waals surface area contributed by atoms with E-state index in [-0.39, 0.29) is 28.6 Å². The lowest BCUT2D eigenvalue weighted by atomic mass is 10.2. The van der Waals surface area contributed by atoms with Gasteiger partial charge in [0.15, 0.2) is 5.69 Å². The van der Waals surface area contributed by atoms with Crippen LogP contribution in [0.2, 0.25) is 0 Å². The number of fused-ring (bicyclic) bond motifs is 2. The molecule has 2 unspecified atom stereocenters. The highest BCUT2D eigenvalue weighted by atomic mass is 79.9. The van der Waals surface area contributed by atoms with Crippen LogP contribution in [-0.2, 0) is 10.0 Å². The van der Waals surface area contributed by atoms with Crippen molar-refractivity contribution in [1.29, 1.82) is 0 Å². The number of halogens is 1. The van der Waals surface area contributed by atoms with Gasteiger partial charge in [0.1, 0.15) is 0 Å². The van der Waals surface area contributed by atoms with E-state index in [0.29, 0.717) is 13.1 Å². The highest BCUT2D eigenvalue weighted by molar-refractivity contribution is 9.10. The van der Waals surface area contributed by atoms with Gasteiger partial charge in [-0.15, -0.1) is 0 Å². The predicted molar refractivity (Wildman–Crippen MR) is 92.3 cm³/mol. The van der Waals surface area contributed by atoms with Crippen LogP contribution in [0, 0.1) is 0 Å². The Hall–Kier alpha value is -1.78. The van der Waals surface area contributed by atoms with Crippen molar-refractivity contribution < 1.29 is 13.2 Å². The van der Waals surface area contributed by atoms with E-state index >= 15 is 0 Å². The van der Waals surface area contributed by atoms with Crippen LogP contribution in [0.5, 0.6) is 0 Å². The van der Waals surface area contributed by atoms with Gasteiger partial charge in [-0.25, -0.2) is 8.42 Å². The molecule has 0 aliphatic carbocycles. The molecule has 8 nitrogen and oxygen atoms in total. The average molecular weight is 426 g/mol. The first-order valence-electron chi connectivity index (χ1n) is 7.91. The van der Waals surface area contributed by atoms with Crippen LogP contribution in [0.1, 0.15) is 23.3 Å². The number of sulfonamides is 1. The first kappa shape index (κ1) is 16.7. The van der Waals surface area contributed by atoms with Gasteiger partial charge in [-0.1, -0.05) is 22.0 Å². The van der Waals surface area contributed by atoms with Gasteiger partial charge in [0.25, 0.3) is 5.91 Å². The maximum Gasteiger partial charge on any atom is 0.276 e. The smallest absolute Gasteiger partial charge is 0.276 e. The molecular weight excluding hydrogens is 410 g/mol. The number of piperazine rings is 1. The van der Waals surface area contributed by atoms with E-state index in [1.807, 2.05) is 0 Å². The first-order chi connectivity index (χ1) is 12.0. The molecule has 1 amide bonds. The summed E-state index contributed by atoms with van der Waals surface area (Å²) < 4.78 is 28.5. The summed E-state index contributed by atoms with van der Waals surface area (Å²) in [6.07, 6.45) is 2.88. The van der Waals surface area contributed by atoms with Gasteiger partial charge in [0.05, 0.1) is 11.1 Å². The summed E-state index contributed by atoms with van der Waals surface area (Å²) >= 11 is 3.32. The highest BCUT2D eigenvalue weighted by Gasteiger charge is 2.48. The summed E-state index contributed by atoms with van der Waals surface area (Å²) in [5.41, 5.74) is 0.252. The maximum absolute atomic E-state index is 13.1. The molecule has 0 saturated carbocycles. The molecule has 25 heavy (non-hydrogen) atoms. The molecule has 2 aliphatic heterocycles. The van der Waals surface area contributed by atoms with Crippen molar-refractivity contribution in [2.75, 3.05) is 13.1 Å².